The van der Waals surface area contributed by atoms with E-state index < -0.39 is 37.2 Å². The van der Waals surface area contributed by atoms with Crippen molar-refractivity contribution in [1.82, 2.24) is 20.1 Å². The SMILES string of the molecule is CNc1c(C)cc(Cl)cc1C(=O)NC1C(C)(C)S(=O)(=O)C1(C)C.O=Cc1cc(C(F)(F)F)nn1-c1ncccc1Cl. The van der Waals surface area contributed by atoms with Crippen LogP contribution in [0, 0.1) is 6.92 Å². The van der Waals surface area contributed by atoms with E-state index in [-0.39, 0.29) is 28.7 Å². The Morgan fingerprint density at radius 2 is 1.73 bits per heavy atom. The predicted octanol–water partition coefficient (Wildman–Crippen LogP) is 5.53. The number of hydrogen-bond donors (Lipinski definition) is 2. The number of carbonyl (C=O) groups is 2. The number of rotatable bonds is 5. The van der Waals surface area contributed by atoms with Gasteiger partial charge in [-0.05, 0) is 70.5 Å². The molecule has 0 radical (unpaired) electrons. The largest absolute Gasteiger partial charge is 0.435 e. The molecule has 0 unspecified atom stereocenters. The Morgan fingerprint density at radius 3 is 2.24 bits per heavy atom. The summed E-state index contributed by atoms with van der Waals surface area (Å²) in [6.45, 7) is 8.42. The van der Waals surface area contributed by atoms with Crippen LogP contribution in [0.4, 0.5) is 18.9 Å². The molecule has 1 saturated heterocycles. The van der Waals surface area contributed by atoms with Gasteiger partial charge in [0.2, 0.25) is 0 Å². The number of aldehydes is 1. The summed E-state index contributed by atoms with van der Waals surface area (Å²) in [5, 5.41) is 9.74. The molecule has 1 aliphatic rings. The molecule has 0 spiro atoms. The number of benzene rings is 1. The number of halogens is 5. The van der Waals surface area contributed by atoms with Crippen molar-refractivity contribution in [3.05, 3.63) is 69.1 Å². The van der Waals surface area contributed by atoms with Crippen LogP contribution in [-0.2, 0) is 16.0 Å². The highest BCUT2D eigenvalue weighted by molar-refractivity contribution is 7.95. The van der Waals surface area contributed by atoms with Gasteiger partial charge in [-0.3, -0.25) is 9.59 Å². The maximum Gasteiger partial charge on any atom is 0.435 e. The highest BCUT2D eigenvalue weighted by Gasteiger charge is 2.67. The van der Waals surface area contributed by atoms with E-state index in [2.05, 4.69) is 20.7 Å². The third-order valence-corrected chi connectivity index (χ3v) is 10.7. The fraction of sp³-hybridized carbons (Fsp3) is 0.385. The highest BCUT2D eigenvalue weighted by atomic mass is 35.5. The molecule has 3 aromatic rings. The fourth-order valence-corrected chi connectivity index (χ4v) is 7.87. The molecule has 1 aliphatic heterocycles. The van der Waals surface area contributed by atoms with Crippen molar-refractivity contribution in [3.8, 4) is 5.82 Å². The van der Waals surface area contributed by atoms with Crippen molar-refractivity contribution in [3.63, 3.8) is 0 Å². The minimum atomic E-state index is -4.63. The first-order valence-corrected chi connectivity index (χ1v) is 14.3. The first-order chi connectivity index (χ1) is 18.8. The van der Waals surface area contributed by atoms with Gasteiger partial charge in [0.25, 0.3) is 5.91 Å². The van der Waals surface area contributed by atoms with Crippen LogP contribution < -0.4 is 10.6 Å². The molecule has 1 fully saturated rings. The molecule has 41 heavy (non-hydrogen) atoms. The van der Waals surface area contributed by atoms with E-state index in [1.54, 1.807) is 46.9 Å². The molecule has 0 bridgehead atoms. The number of sulfone groups is 1. The number of anilines is 1. The molecule has 9 nitrogen and oxygen atoms in total. The lowest BCUT2D eigenvalue weighted by molar-refractivity contribution is -0.141. The molecule has 1 aromatic carbocycles. The second-order valence-corrected chi connectivity index (χ2v) is 14.3. The van der Waals surface area contributed by atoms with Gasteiger partial charge >= 0.3 is 6.18 Å². The smallest absolute Gasteiger partial charge is 0.387 e. The third kappa shape index (κ3) is 5.80. The van der Waals surface area contributed by atoms with E-state index in [4.69, 9.17) is 23.2 Å². The van der Waals surface area contributed by atoms with Gasteiger partial charge in [0.15, 0.2) is 27.6 Å². The number of nitrogens with zero attached hydrogens (tertiary/aromatic N) is 3. The summed E-state index contributed by atoms with van der Waals surface area (Å²) < 4.78 is 61.0. The maximum absolute atomic E-state index is 12.7. The number of aryl methyl sites for hydroxylation is 1. The Balaban J connectivity index is 0.000000232. The Labute approximate surface area is 245 Å². The van der Waals surface area contributed by atoms with Gasteiger partial charge in [0.05, 0.1) is 26.1 Å². The van der Waals surface area contributed by atoms with E-state index in [0.717, 1.165) is 10.2 Å². The molecule has 1 amide bonds. The molecule has 0 atom stereocenters. The standard InChI is InChI=1S/C16H23ClN2O3S.C10H5ClF3N3O/c1-9-7-10(17)8-11(12(9)18-6)13(20)19-14-15(2,3)23(21,22)16(14,4)5;11-7-2-1-3-15-9(7)17-6(5-18)4-8(16-17)10(12,13)14/h7-8,14,18H,1-6H3,(H,19,20);1-5H. The summed E-state index contributed by atoms with van der Waals surface area (Å²) >= 11 is 11.9. The lowest BCUT2D eigenvalue weighted by Gasteiger charge is -2.56. The topological polar surface area (TPSA) is 123 Å². The second-order valence-electron chi connectivity index (χ2n) is 10.3. The summed E-state index contributed by atoms with van der Waals surface area (Å²) in [6, 6.07) is 6.47. The zero-order valence-electron chi connectivity index (χ0n) is 22.9. The Morgan fingerprint density at radius 1 is 1.12 bits per heavy atom. The molecule has 3 heterocycles. The number of nitrogens with one attached hydrogen (secondary N) is 2. The minimum absolute atomic E-state index is 0.0308. The van der Waals surface area contributed by atoms with Crippen molar-refractivity contribution >= 4 is 50.9 Å². The van der Waals surface area contributed by atoms with E-state index in [0.29, 0.717) is 22.3 Å². The molecular weight excluding hydrogens is 606 g/mol. The normalized spacial score (nSPS) is 17.0. The second kappa shape index (κ2) is 11.3. The maximum atomic E-state index is 12.7. The molecule has 4 rings (SSSR count). The van der Waals surface area contributed by atoms with E-state index in [9.17, 15) is 31.2 Å². The number of hydrogen-bond acceptors (Lipinski definition) is 7. The third-order valence-electron chi connectivity index (χ3n) is 6.93. The first-order valence-electron chi connectivity index (χ1n) is 12.1. The van der Waals surface area contributed by atoms with Gasteiger partial charge in [-0.1, -0.05) is 23.2 Å². The van der Waals surface area contributed by atoms with Gasteiger partial charge in [-0.25, -0.2) is 18.1 Å². The average molecular weight is 635 g/mol. The quantitative estimate of drug-likeness (QED) is 0.354. The number of carbonyl (C=O) groups excluding carboxylic acids is 2. The van der Waals surface area contributed by atoms with Crippen LogP contribution >= 0.6 is 23.2 Å². The highest BCUT2D eigenvalue weighted by Crippen LogP contribution is 2.48. The summed E-state index contributed by atoms with van der Waals surface area (Å²) in [7, 11) is -1.57. The van der Waals surface area contributed by atoms with Gasteiger partial charge < -0.3 is 10.6 Å². The van der Waals surface area contributed by atoms with Crippen LogP contribution in [0.25, 0.3) is 5.82 Å². The van der Waals surface area contributed by atoms with Crippen molar-refractivity contribution in [2.75, 3.05) is 12.4 Å². The summed E-state index contributed by atoms with van der Waals surface area (Å²) in [5.41, 5.74) is 0.497. The van der Waals surface area contributed by atoms with Crippen molar-refractivity contribution < 1.29 is 31.2 Å². The molecule has 222 valence electrons. The van der Waals surface area contributed by atoms with Crippen LogP contribution in [0.2, 0.25) is 10.0 Å². The van der Waals surface area contributed by atoms with E-state index >= 15 is 0 Å². The fourth-order valence-electron chi connectivity index (χ4n) is 4.90. The number of amides is 1. The van der Waals surface area contributed by atoms with E-state index in [1.165, 1.54) is 18.3 Å². The van der Waals surface area contributed by atoms with Gasteiger partial charge in [-0.2, -0.15) is 18.3 Å². The number of alkyl halides is 3. The number of aromatic nitrogens is 3. The van der Waals surface area contributed by atoms with Crippen LogP contribution in [0.15, 0.2) is 36.5 Å². The molecule has 0 aliphatic carbocycles. The molecule has 0 saturated carbocycles. The van der Waals surface area contributed by atoms with Crippen molar-refractivity contribution in [2.45, 2.75) is 56.3 Å². The van der Waals surface area contributed by atoms with Crippen molar-refractivity contribution in [1.29, 1.82) is 0 Å². The van der Waals surface area contributed by atoms with E-state index in [1.807, 2.05) is 6.92 Å². The number of pyridine rings is 1. The Hall–Kier alpha value is -3.16. The zero-order chi connectivity index (χ0) is 31.1. The van der Waals surface area contributed by atoms with Gasteiger partial charge in [0.1, 0.15) is 5.69 Å². The molecular formula is C26H28Cl2F3N5O4S. The molecule has 2 N–H and O–H groups in total. The van der Waals surface area contributed by atoms with Crippen molar-refractivity contribution in [2.24, 2.45) is 0 Å². The van der Waals surface area contributed by atoms with Crippen LogP contribution in [0.5, 0.6) is 0 Å². The zero-order valence-corrected chi connectivity index (χ0v) is 25.2. The van der Waals surface area contributed by atoms with Gasteiger partial charge in [-0.15, -0.1) is 0 Å². The molecule has 15 heteroatoms. The van der Waals surface area contributed by atoms with Gasteiger partial charge in [0, 0.05) is 24.0 Å². The average Bonchev–Trinajstić information content (AvgIpc) is 3.32. The summed E-state index contributed by atoms with van der Waals surface area (Å²) in [4.78, 5) is 27.3. The van der Waals surface area contributed by atoms with Crippen LogP contribution in [-0.4, -0.2) is 58.0 Å². The monoisotopic (exact) mass is 633 g/mol. The minimum Gasteiger partial charge on any atom is -0.387 e. The lowest BCUT2D eigenvalue weighted by Crippen LogP contribution is -2.77. The first kappa shape index (κ1) is 32.4. The summed E-state index contributed by atoms with van der Waals surface area (Å²) in [5.74, 6) is -0.363. The molecule has 2 aromatic heterocycles. The predicted molar refractivity (Wildman–Crippen MR) is 151 cm³/mol. The Bertz CT molecular complexity index is 1580. The van der Waals surface area contributed by atoms with Crippen LogP contribution in [0.3, 0.4) is 0 Å². The Kier molecular flexibility index (Phi) is 8.88. The van der Waals surface area contributed by atoms with Crippen LogP contribution in [0.1, 0.15) is 59.8 Å². The summed E-state index contributed by atoms with van der Waals surface area (Å²) in [6.07, 6.45) is -3.04. The lowest BCUT2D eigenvalue weighted by atomic mass is 9.88.